The topological polar surface area (TPSA) is 69.2 Å². The van der Waals surface area contributed by atoms with E-state index in [9.17, 15) is 8.42 Å². The van der Waals surface area contributed by atoms with Crippen LogP contribution in [0.15, 0.2) is 35.6 Å². The first-order valence-electron chi connectivity index (χ1n) is 6.62. The van der Waals surface area contributed by atoms with Crippen LogP contribution >= 0.6 is 0 Å². The Hall–Kier alpha value is -1.95. The molecule has 6 heteroatoms. The molecule has 0 aliphatic carbocycles. The summed E-state index contributed by atoms with van der Waals surface area (Å²) < 4.78 is 30.8. The van der Waals surface area contributed by atoms with Gasteiger partial charge < -0.3 is 4.74 Å². The molecule has 0 amide bonds. The first-order chi connectivity index (χ1) is 9.77. The molecule has 21 heavy (non-hydrogen) atoms. The van der Waals surface area contributed by atoms with Gasteiger partial charge in [0.1, 0.15) is 5.75 Å². The first kappa shape index (κ1) is 14.0. The lowest BCUT2D eigenvalue weighted by molar-refractivity contribution is 0.455. The molecule has 0 spiro atoms. The van der Waals surface area contributed by atoms with Crippen LogP contribution in [0.2, 0.25) is 0 Å². The van der Waals surface area contributed by atoms with Crippen molar-refractivity contribution in [1.29, 1.82) is 0 Å². The summed E-state index contributed by atoms with van der Waals surface area (Å²) in [5.41, 5.74) is 1.09. The molecule has 0 fully saturated rings. The van der Waals surface area contributed by atoms with Gasteiger partial charge >= 0.3 is 0 Å². The Kier molecular flexibility index (Phi) is 3.02. The van der Waals surface area contributed by atoms with Gasteiger partial charge in [0.15, 0.2) is 10.8 Å². The Morgan fingerprint density at radius 1 is 1.14 bits per heavy atom. The maximum Gasteiger partial charge on any atom is 0.203 e. The summed E-state index contributed by atoms with van der Waals surface area (Å²) in [5, 5.41) is 0.00567. The van der Waals surface area contributed by atoms with Gasteiger partial charge in [-0.15, -0.1) is 0 Å². The zero-order chi connectivity index (χ0) is 15.3. The highest BCUT2D eigenvalue weighted by atomic mass is 32.2. The number of pyridine rings is 2. The highest BCUT2D eigenvalue weighted by molar-refractivity contribution is 7.90. The van der Waals surface area contributed by atoms with Crippen molar-refractivity contribution in [1.82, 2.24) is 9.97 Å². The molecule has 0 atom stereocenters. The first-order valence-corrected chi connectivity index (χ1v) is 8.28. The predicted octanol–water partition coefficient (Wildman–Crippen LogP) is 2.85. The van der Waals surface area contributed by atoms with Crippen LogP contribution in [-0.4, -0.2) is 18.4 Å². The molecular weight excluding hydrogens is 288 g/mol. The lowest BCUT2D eigenvalue weighted by Crippen LogP contribution is -2.16. The minimum Gasteiger partial charge on any atom is -0.452 e. The second kappa shape index (κ2) is 4.53. The van der Waals surface area contributed by atoms with Gasteiger partial charge in [-0.25, -0.2) is 13.4 Å². The van der Waals surface area contributed by atoms with Crippen LogP contribution in [0.4, 0.5) is 0 Å². The number of sulfone groups is 1. The summed E-state index contributed by atoms with van der Waals surface area (Å²) in [5.74, 6) is 0.596. The van der Waals surface area contributed by atoms with Crippen LogP contribution in [0.1, 0.15) is 32.0 Å². The van der Waals surface area contributed by atoms with E-state index in [-0.39, 0.29) is 21.9 Å². The smallest absolute Gasteiger partial charge is 0.203 e. The minimum absolute atomic E-state index is 0.00567. The average molecular weight is 304 g/mol. The zero-order valence-corrected chi connectivity index (χ0v) is 12.9. The predicted molar refractivity (Wildman–Crippen MR) is 78.1 cm³/mol. The quantitative estimate of drug-likeness (QED) is 0.748. The summed E-state index contributed by atoms with van der Waals surface area (Å²) in [6.45, 7) is 5.97. The molecule has 5 nitrogen and oxygen atoms in total. The average Bonchev–Trinajstić information content (AvgIpc) is 2.50. The maximum atomic E-state index is 12.6. The van der Waals surface area contributed by atoms with Gasteiger partial charge in [-0.3, -0.25) is 4.98 Å². The molecule has 1 aliphatic rings. The van der Waals surface area contributed by atoms with Crippen molar-refractivity contribution in [2.75, 3.05) is 0 Å². The Morgan fingerprint density at radius 2 is 1.90 bits per heavy atom. The molecule has 2 aromatic heterocycles. The van der Waals surface area contributed by atoms with E-state index in [1.807, 2.05) is 20.8 Å². The largest absolute Gasteiger partial charge is 0.452 e. The minimum atomic E-state index is -3.54. The summed E-state index contributed by atoms with van der Waals surface area (Å²) in [4.78, 5) is 8.32. The van der Waals surface area contributed by atoms with E-state index >= 15 is 0 Å². The molecule has 1 aliphatic heterocycles. The van der Waals surface area contributed by atoms with Crippen LogP contribution in [-0.2, 0) is 21.0 Å². The van der Waals surface area contributed by atoms with Crippen LogP contribution in [0.3, 0.4) is 0 Å². The van der Waals surface area contributed by atoms with Gasteiger partial charge in [0.05, 0.1) is 11.9 Å². The molecule has 3 rings (SSSR count). The monoisotopic (exact) mass is 304 g/mol. The highest BCUT2D eigenvalue weighted by Crippen LogP contribution is 2.37. The number of fused-ring (bicyclic) bond motifs is 2. The van der Waals surface area contributed by atoms with E-state index in [0.717, 1.165) is 5.69 Å². The van der Waals surface area contributed by atoms with E-state index in [1.165, 1.54) is 6.20 Å². The van der Waals surface area contributed by atoms with Gasteiger partial charge in [0.25, 0.3) is 0 Å². The second-order valence-electron chi connectivity index (χ2n) is 6.09. The van der Waals surface area contributed by atoms with Crippen LogP contribution in [0.5, 0.6) is 11.5 Å². The summed E-state index contributed by atoms with van der Waals surface area (Å²) in [7, 11) is -3.54. The van der Waals surface area contributed by atoms with E-state index < -0.39 is 9.84 Å². The second-order valence-corrected chi connectivity index (χ2v) is 8.00. The molecule has 0 saturated carbocycles. The van der Waals surface area contributed by atoms with E-state index in [4.69, 9.17) is 4.74 Å². The number of hydrogen-bond donors (Lipinski definition) is 0. The van der Waals surface area contributed by atoms with E-state index in [1.54, 1.807) is 24.4 Å². The number of rotatable bonds is 0. The molecule has 0 bridgehead atoms. The van der Waals surface area contributed by atoms with Crippen molar-refractivity contribution in [2.24, 2.45) is 0 Å². The lowest BCUT2D eigenvalue weighted by atomic mass is 9.92. The third-order valence-electron chi connectivity index (χ3n) is 3.32. The third-order valence-corrected chi connectivity index (χ3v) is 4.90. The molecule has 110 valence electrons. The standard InChI is InChI=1S/C15H16N2O3S/c1-15(2,3)13-5-4-11-14(17-13)21(18,19)9-10-6-7-16-8-12(10)20-11/h4-8H,9H2,1-3H3. The Labute approximate surface area is 123 Å². The van der Waals surface area contributed by atoms with E-state index in [0.29, 0.717) is 11.3 Å². The molecule has 0 aromatic carbocycles. The van der Waals surface area contributed by atoms with Crippen molar-refractivity contribution < 1.29 is 13.2 Å². The third kappa shape index (κ3) is 2.51. The zero-order valence-electron chi connectivity index (χ0n) is 12.1. The summed E-state index contributed by atoms with van der Waals surface area (Å²) in [6, 6.07) is 5.13. The lowest BCUT2D eigenvalue weighted by Gasteiger charge is -2.19. The van der Waals surface area contributed by atoms with Gasteiger partial charge in [-0.2, -0.15) is 0 Å². The Bertz CT molecular complexity index is 808. The summed E-state index contributed by atoms with van der Waals surface area (Å²) in [6.07, 6.45) is 3.08. The number of aromatic nitrogens is 2. The molecular formula is C15H16N2O3S. The number of ether oxygens (including phenoxy) is 1. The van der Waals surface area contributed by atoms with Gasteiger partial charge in [-0.05, 0) is 18.2 Å². The number of nitrogens with zero attached hydrogens (tertiary/aromatic N) is 2. The van der Waals surface area contributed by atoms with Crippen molar-refractivity contribution in [3.05, 3.63) is 41.9 Å². The molecule has 2 aromatic rings. The van der Waals surface area contributed by atoms with Crippen molar-refractivity contribution in [2.45, 2.75) is 37.0 Å². The van der Waals surface area contributed by atoms with Crippen LogP contribution in [0.25, 0.3) is 0 Å². The Balaban J connectivity index is 2.21. The molecule has 3 heterocycles. The molecule has 0 N–H and O–H groups in total. The summed E-state index contributed by atoms with van der Waals surface area (Å²) >= 11 is 0. The highest BCUT2D eigenvalue weighted by Gasteiger charge is 2.30. The molecule has 0 saturated heterocycles. The fraction of sp³-hybridized carbons (Fsp3) is 0.333. The maximum absolute atomic E-state index is 12.6. The van der Waals surface area contributed by atoms with Gasteiger partial charge in [0.2, 0.25) is 9.84 Å². The van der Waals surface area contributed by atoms with Crippen LogP contribution < -0.4 is 4.74 Å². The van der Waals surface area contributed by atoms with Gasteiger partial charge in [0, 0.05) is 22.9 Å². The normalized spacial score (nSPS) is 16.3. The van der Waals surface area contributed by atoms with Gasteiger partial charge in [-0.1, -0.05) is 20.8 Å². The van der Waals surface area contributed by atoms with Crippen LogP contribution in [0, 0.1) is 0 Å². The van der Waals surface area contributed by atoms with Crippen molar-refractivity contribution >= 4 is 9.84 Å². The van der Waals surface area contributed by atoms with Crippen molar-refractivity contribution in [3.63, 3.8) is 0 Å². The Morgan fingerprint density at radius 3 is 2.62 bits per heavy atom. The fourth-order valence-corrected chi connectivity index (χ4v) is 3.60. The SMILES string of the molecule is CC(C)(C)c1ccc2c(n1)S(=O)(=O)Cc1ccncc1O2. The molecule has 0 unspecified atom stereocenters. The fourth-order valence-electron chi connectivity index (χ4n) is 2.16. The number of hydrogen-bond acceptors (Lipinski definition) is 5. The molecule has 0 radical (unpaired) electrons. The van der Waals surface area contributed by atoms with Crippen molar-refractivity contribution in [3.8, 4) is 11.5 Å². The van der Waals surface area contributed by atoms with E-state index in [2.05, 4.69) is 9.97 Å².